The molecular formula is C25H34FN3O2. The molecule has 1 saturated heterocycles. The van der Waals surface area contributed by atoms with Crippen LogP contribution in [0.3, 0.4) is 0 Å². The Hall–Kier alpha value is -2.44. The minimum Gasteiger partial charge on any atom is -0.396 e. The van der Waals surface area contributed by atoms with Crippen molar-refractivity contribution in [2.45, 2.75) is 32.7 Å². The molecule has 1 amide bonds. The van der Waals surface area contributed by atoms with Gasteiger partial charge in [-0.1, -0.05) is 44.2 Å². The predicted molar refractivity (Wildman–Crippen MR) is 123 cm³/mol. The van der Waals surface area contributed by atoms with Crippen molar-refractivity contribution in [2.75, 3.05) is 44.2 Å². The number of anilines is 1. The second-order valence-electron chi connectivity index (χ2n) is 9.03. The maximum atomic E-state index is 13.2. The maximum absolute atomic E-state index is 13.2. The zero-order valence-corrected chi connectivity index (χ0v) is 18.7. The maximum Gasteiger partial charge on any atom is 0.237 e. The summed E-state index contributed by atoms with van der Waals surface area (Å²) < 4.78 is 13.2. The number of hydrogen-bond donors (Lipinski definition) is 2. The van der Waals surface area contributed by atoms with E-state index in [9.17, 15) is 14.3 Å². The number of piperazine rings is 1. The SMILES string of the molecule is C[C@@H](C(=O)NC[C@@H](c1ccccc1)C(C)(C)CO)N1CCN(c2ccc(F)cc2)CC1. The van der Waals surface area contributed by atoms with Gasteiger partial charge in [0.2, 0.25) is 5.91 Å². The van der Waals surface area contributed by atoms with Crippen LogP contribution in [0.2, 0.25) is 0 Å². The van der Waals surface area contributed by atoms with E-state index in [1.165, 1.54) is 12.1 Å². The molecule has 1 heterocycles. The second-order valence-corrected chi connectivity index (χ2v) is 9.03. The number of benzene rings is 2. The molecule has 0 saturated carbocycles. The molecule has 6 heteroatoms. The Morgan fingerprint density at radius 2 is 1.68 bits per heavy atom. The zero-order valence-electron chi connectivity index (χ0n) is 18.7. The van der Waals surface area contributed by atoms with E-state index in [0.29, 0.717) is 6.54 Å². The molecule has 2 atom stereocenters. The molecule has 0 aromatic heterocycles. The lowest BCUT2D eigenvalue weighted by Gasteiger charge is -2.39. The van der Waals surface area contributed by atoms with E-state index in [0.717, 1.165) is 37.4 Å². The van der Waals surface area contributed by atoms with Crippen LogP contribution in [0.1, 0.15) is 32.3 Å². The molecule has 0 radical (unpaired) electrons. The van der Waals surface area contributed by atoms with E-state index in [-0.39, 0.29) is 35.7 Å². The van der Waals surface area contributed by atoms with E-state index < -0.39 is 0 Å². The lowest BCUT2D eigenvalue weighted by Crippen LogP contribution is -2.54. The Morgan fingerprint density at radius 1 is 1.06 bits per heavy atom. The van der Waals surface area contributed by atoms with Crippen molar-refractivity contribution in [3.63, 3.8) is 0 Å². The van der Waals surface area contributed by atoms with Crippen LogP contribution in [0.15, 0.2) is 54.6 Å². The molecule has 1 aliphatic heterocycles. The van der Waals surface area contributed by atoms with Crippen LogP contribution in [0.5, 0.6) is 0 Å². The average molecular weight is 428 g/mol. The summed E-state index contributed by atoms with van der Waals surface area (Å²) in [4.78, 5) is 17.3. The molecule has 2 N–H and O–H groups in total. The molecule has 0 bridgehead atoms. The van der Waals surface area contributed by atoms with Crippen molar-refractivity contribution >= 4 is 11.6 Å². The van der Waals surface area contributed by atoms with Crippen molar-refractivity contribution in [2.24, 2.45) is 5.41 Å². The molecule has 3 rings (SSSR count). The lowest BCUT2D eigenvalue weighted by molar-refractivity contribution is -0.126. The highest BCUT2D eigenvalue weighted by atomic mass is 19.1. The number of aliphatic hydroxyl groups is 1. The Labute approximate surface area is 184 Å². The summed E-state index contributed by atoms with van der Waals surface area (Å²) in [5.41, 5.74) is 1.77. The Bertz CT molecular complexity index is 834. The van der Waals surface area contributed by atoms with Crippen molar-refractivity contribution in [3.8, 4) is 0 Å². The van der Waals surface area contributed by atoms with E-state index in [1.807, 2.05) is 51.1 Å². The fraction of sp³-hybridized carbons (Fsp3) is 0.480. The summed E-state index contributed by atoms with van der Waals surface area (Å²) >= 11 is 0. The molecular weight excluding hydrogens is 393 g/mol. The topological polar surface area (TPSA) is 55.8 Å². The van der Waals surface area contributed by atoms with Gasteiger partial charge in [0.1, 0.15) is 5.82 Å². The Kier molecular flexibility index (Phi) is 7.68. The number of carbonyl (C=O) groups is 1. The summed E-state index contributed by atoms with van der Waals surface area (Å²) in [5, 5.41) is 13.0. The van der Waals surface area contributed by atoms with E-state index in [2.05, 4.69) is 15.1 Å². The third-order valence-corrected chi connectivity index (χ3v) is 6.47. The van der Waals surface area contributed by atoms with Crippen LogP contribution in [-0.2, 0) is 4.79 Å². The molecule has 0 spiro atoms. The summed E-state index contributed by atoms with van der Waals surface area (Å²) in [7, 11) is 0. The first kappa shape index (κ1) is 23.2. The van der Waals surface area contributed by atoms with Gasteiger partial charge in [0.05, 0.1) is 6.04 Å². The summed E-state index contributed by atoms with van der Waals surface area (Å²) in [6, 6.07) is 16.4. The van der Waals surface area contributed by atoms with Crippen molar-refractivity contribution in [3.05, 3.63) is 66.0 Å². The summed E-state index contributed by atoms with van der Waals surface area (Å²) in [5.74, 6) is -0.207. The molecule has 1 fully saturated rings. The molecule has 2 aromatic rings. The molecule has 168 valence electrons. The highest BCUT2D eigenvalue weighted by molar-refractivity contribution is 5.81. The van der Waals surface area contributed by atoms with Crippen molar-refractivity contribution in [1.29, 1.82) is 0 Å². The minimum atomic E-state index is -0.349. The Morgan fingerprint density at radius 3 is 2.26 bits per heavy atom. The number of aliphatic hydroxyl groups excluding tert-OH is 1. The van der Waals surface area contributed by atoms with Gasteiger partial charge in [-0.3, -0.25) is 9.69 Å². The van der Waals surface area contributed by atoms with Crippen LogP contribution in [0.25, 0.3) is 0 Å². The van der Waals surface area contributed by atoms with Gasteiger partial charge in [-0.2, -0.15) is 0 Å². The van der Waals surface area contributed by atoms with Gasteiger partial charge < -0.3 is 15.3 Å². The first-order valence-electron chi connectivity index (χ1n) is 11.0. The van der Waals surface area contributed by atoms with Crippen molar-refractivity contribution in [1.82, 2.24) is 10.2 Å². The smallest absolute Gasteiger partial charge is 0.237 e. The zero-order chi connectivity index (χ0) is 22.4. The van der Waals surface area contributed by atoms with Crippen LogP contribution in [0, 0.1) is 11.2 Å². The largest absolute Gasteiger partial charge is 0.396 e. The van der Waals surface area contributed by atoms with Gasteiger partial charge in [-0.05, 0) is 42.2 Å². The van der Waals surface area contributed by atoms with Gasteiger partial charge in [0, 0.05) is 50.9 Å². The third kappa shape index (κ3) is 5.83. The van der Waals surface area contributed by atoms with Gasteiger partial charge >= 0.3 is 0 Å². The average Bonchev–Trinajstić information content (AvgIpc) is 2.80. The molecule has 0 unspecified atom stereocenters. The van der Waals surface area contributed by atoms with E-state index in [4.69, 9.17) is 0 Å². The number of nitrogens with zero attached hydrogens (tertiary/aromatic N) is 2. The lowest BCUT2D eigenvalue weighted by atomic mass is 9.75. The predicted octanol–water partition coefficient (Wildman–Crippen LogP) is 3.25. The third-order valence-electron chi connectivity index (χ3n) is 6.47. The number of carbonyl (C=O) groups excluding carboxylic acids is 1. The van der Waals surface area contributed by atoms with E-state index in [1.54, 1.807) is 12.1 Å². The molecule has 2 aromatic carbocycles. The van der Waals surface area contributed by atoms with Crippen LogP contribution in [0.4, 0.5) is 10.1 Å². The van der Waals surface area contributed by atoms with Crippen molar-refractivity contribution < 1.29 is 14.3 Å². The number of rotatable bonds is 8. The first-order valence-corrected chi connectivity index (χ1v) is 11.0. The van der Waals surface area contributed by atoms with Gasteiger partial charge in [0.15, 0.2) is 0 Å². The number of amides is 1. The van der Waals surface area contributed by atoms with Gasteiger partial charge in [0.25, 0.3) is 0 Å². The monoisotopic (exact) mass is 427 g/mol. The molecule has 5 nitrogen and oxygen atoms in total. The Balaban J connectivity index is 1.55. The van der Waals surface area contributed by atoms with Crippen LogP contribution >= 0.6 is 0 Å². The fourth-order valence-electron chi connectivity index (χ4n) is 4.18. The highest BCUT2D eigenvalue weighted by Crippen LogP contribution is 2.34. The number of hydrogen-bond acceptors (Lipinski definition) is 4. The quantitative estimate of drug-likeness (QED) is 0.679. The first-order chi connectivity index (χ1) is 14.8. The fourth-order valence-corrected chi connectivity index (χ4v) is 4.18. The summed E-state index contributed by atoms with van der Waals surface area (Å²) in [6.07, 6.45) is 0. The van der Waals surface area contributed by atoms with Gasteiger partial charge in [-0.15, -0.1) is 0 Å². The van der Waals surface area contributed by atoms with E-state index >= 15 is 0 Å². The molecule has 0 aliphatic carbocycles. The number of halogens is 1. The standard InChI is InChI=1S/C25H34FN3O2/c1-19(28-13-15-29(16-14-28)22-11-9-21(26)10-12-22)24(31)27-17-23(25(2,3)18-30)20-7-5-4-6-8-20/h4-12,19,23,30H,13-18H2,1-3H3,(H,27,31)/t19-,23-/m0/s1. The molecule has 31 heavy (non-hydrogen) atoms. The van der Waals surface area contributed by atoms with Crippen LogP contribution in [-0.4, -0.2) is 61.3 Å². The number of nitrogens with one attached hydrogen (secondary N) is 1. The second kappa shape index (κ2) is 10.2. The minimum absolute atomic E-state index is 0.00454. The van der Waals surface area contributed by atoms with Gasteiger partial charge in [-0.25, -0.2) is 4.39 Å². The summed E-state index contributed by atoms with van der Waals surface area (Å²) in [6.45, 7) is 9.66. The normalized spacial score (nSPS) is 17.3. The van der Waals surface area contributed by atoms with Crippen LogP contribution < -0.4 is 10.2 Å². The molecule has 1 aliphatic rings. The highest BCUT2D eigenvalue weighted by Gasteiger charge is 2.32.